The van der Waals surface area contributed by atoms with Gasteiger partial charge in [-0.15, -0.1) is 0 Å². The van der Waals surface area contributed by atoms with Crippen LogP contribution in [0.2, 0.25) is 0 Å². The average Bonchev–Trinajstić information content (AvgIpc) is 2.09. The summed E-state index contributed by atoms with van der Waals surface area (Å²) >= 11 is 3.49. The van der Waals surface area contributed by atoms with E-state index < -0.39 is 0 Å². The SMILES string of the molecule is Cc1cc(O)cc(CCCN)c1Br. The van der Waals surface area contributed by atoms with E-state index >= 15 is 0 Å². The van der Waals surface area contributed by atoms with Gasteiger partial charge in [-0.3, -0.25) is 0 Å². The quantitative estimate of drug-likeness (QED) is 0.857. The summed E-state index contributed by atoms with van der Waals surface area (Å²) in [4.78, 5) is 0. The molecule has 0 spiro atoms. The molecule has 0 aliphatic heterocycles. The number of aromatic hydroxyl groups is 1. The highest BCUT2D eigenvalue weighted by molar-refractivity contribution is 9.10. The third-order valence-electron chi connectivity index (χ3n) is 1.96. The molecule has 1 aromatic rings. The van der Waals surface area contributed by atoms with Crippen LogP contribution >= 0.6 is 15.9 Å². The van der Waals surface area contributed by atoms with Crippen molar-refractivity contribution in [2.45, 2.75) is 19.8 Å². The minimum Gasteiger partial charge on any atom is -0.508 e. The summed E-state index contributed by atoms with van der Waals surface area (Å²) in [5.41, 5.74) is 7.61. The number of hydrogen-bond donors (Lipinski definition) is 2. The zero-order chi connectivity index (χ0) is 9.84. The lowest BCUT2D eigenvalue weighted by molar-refractivity contribution is 0.473. The molecule has 0 unspecified atom stereocenters. The van der Waals surface area contributed by atoms with E-state index in [4.69, 9.17) is 5.73 Å². The van der Waals surface area contributed by atoms with Crippen LogP contribution in [0.3, 0.4) is 0 Å². The Hall–Kier alpha value is -0.540. The van der Waals surface area contributed by atoms with Gasteiger partial charge in [-0.25, -0.2) is 0 Å². The minimum atomic E-state index is 0.327. The van der Waals surface area contributed by atoms with Gasteiger partial charge < -0.3 is 10.8 Å². The summed E-state index contributed by atoms with van der Waals surface area (Å²) in [7, 11) is 0. The monoisotopic (exact) mass is 243 g/mol. The molecule has 2 nitrogen and oxygen atoms in total. The molecule has 0 saturated carbocycles. The van der Waals surface area contributed by atoms with Crippen molar-refractivity contribution < 1.29 is 5.11 Å². The Morgan fingerprint density at radius 2 is 2.15 bits per heavy atom. The molecule has 3 N–H and O–H groups in total. The number of phenols is 1. The molecule has 0 saturated heterocycles. The van der Waals surface area contributed by atoms with Crippen LogP contribution in [0, 0.1) is 6.92 Å². The van der Waals surface area contributed by atoms with Crippen molar-refractivity contribution >= 4 is 15.9 Å². The first-order valence-corrected chi connectivity index (χ1v) is 5.12. The number of aryl methyl sites for hydroxylation is 2. The number of rotatable bonds is 3. The maximum atomic E-state index is 9.37. The molecule has 0 aliphatic rings. The van der Waals surface area contributed by atoms with Crippen molar-refractivity contribution in [2.75, 3.05) is 6.54 Å². The topological polar surface area (TPSA) is 46.2 Å². The Bertz CT molecular complexity index is 299. The Balaban J connectivity index is 2.92. The van der Waals surface area contributed by atoms with Crippen LogP contribution in [0.15, 0.2) is 16.6 Å². The number of benzene rings is 1. The van der Waals surface area contributed by atoms with E-state index in [-0.39, 0.29) is 0 Å². The van der Waals surface area contributed by atoms with E-state index in [1.807, 2.05) is 6.92 Å². The molecule has 0 aromatic heterocycles. The molecule has 72 valence electrons. The van der Waals surface area contributed by atoms with Crippen LogP contribution in [0.1, 0.15) is 17.5 Å². The normalized spacial score (nSPS) is 10.4. The predicted octanol–water partition coefficient (Wildman–Crippen LogP) is 2.35. The van der Waals surface area contributed by atoms with Crippen LogP contribution in [0.4, 0.5) is 0 Å². The summed E-state index contributed by atoms with van der Waals surface area (Å²) in [5, 5.41) is 9.37. The van der Waals surface area contributed by atoms with Gasteiger partial charge in [0.05, 0.1) is 0 Å². The highest BCUT2D eigenvalue weighted by Gasteiger charge is 2.04. The summed E-state index contributed by atoms with van der Waals surface area (Å²) in [6, 6.07) is 3.53. The largest absolute Gasteiger partial charge is 0.508 e. The highest BCUT2D eigenvalue weighted by Crippen LogP contribution is 2.27. The fourth-order valence-corrected chi connectivity index (χ4v) is 1.72. The van der Waals surface area contributed by atoms with E-state index in [1.165, 1.54) is 0 Å². The van der Waals surface area contributed by atoms with Crippen molar-refractivity contribution in [2.24, 2.45) is 5.73 Å². The molecule has 0 heterocycles. The first-order valence-electron chi connectivity index (χ1n) is 4.33. The van der Waals surface area contributed by atoms with Crippen LogP contribution in [-0.2, 0) is 6.42 Å². The summed E-state index contributed by atoms with van der Waals surface area (Å²) in [5.74, 6) is 0.327. The molecule has 1 rings (SSSR count). The van der Waals surface area contributed by atoms with Crippen molar-refractivity contribution in [1.82, 2.24) is 0 Å². The van der Waals surface area contributed by atoms with Gasteiger partial charge in [0.25, 0.3) is 0 Å². The number of halogens is 1. The number of nitrogens with two attached hydrogens (primary N) is 1. The molecule has 0 atom stereocenters. The summed E-state index contributed by atoms with van der Waals surface area (Å²) in [6.07, 6.45) is 1.85. The van der Waals surface area contributed by atoms with Gasteiger partial charge in [0.1, 0.15) is 5.75 Å². The third kappa shape index (κ3) is 2.71. The second-order valence-corrected chi connectivity index (χ2v) is 3.92. The Kier molecular flexibility index (Phi) is 3.75. The van der Waals surface area contributed by atoms with Gasteiger partial charge in [-0.1, -0.05) is 15.9 Å². The molecular formula is C10H14BrNO. The second kappa shape index (κ2) is 4.63. The lowest BCUT2D eigenvalue weighted by Gasteiger charge is -2.07. The molecule has 3 heteroatoms. The third-order valence-corrected chi connectivity index (χ3v) is 3.10. The van der Waals surface area contributed by atoms with Crippen LogP contribution in [0.5, 0.6) is 5.75 Å². The molecule has 0 amide bonds. The van der Waals surface area contributed by atoms with Crippen LogP contribution < -0.4 is 5.73 Å². The summed E-state index contributed by atoms with van der Waals surface area (Å²) < 4.78 is 1.08. The lowest BCUT2D eigenvalue weighted by Crippen LogP contribution is -2.01. The Labute approximate surface area is 86.9 Å². The van der Waals surface area contributed by atoms with Crippen LogP contribution in [0.25, 0.3) is 0 Å². The predicted molar refractivity (Wildman–Crippen MR) is 57.9 cm³/mol. The van der Waals surface area contributed by atoms with E-state index in [1.54, 1.807) is 12.1 Å². The van der Waals surface area contributed by atoms with Gasteiger partial charge >= 0.3 is 0 Å². The van der Waals surface area contributed by atoms with Crippen molar-refractivity contribution in [3.63, 3.8) is 0 Å². The van der Waals surface area contributed by atoms with Gasteiger partial charge in [-0.2, -0.15) is 0 Å². The van der Waals surface area contributed by atoms with Gasteiger partial charge in [0.15, 0.2) is 0 Å². The Morgan fingerprint density at radius 3 is 2.77 bits per heavy atom. The fraction of sp³-hybridized carbons (Fsp3) is 0.400. The molecule has 0 radical (unpaired) electrons. The number of hydrogen-bond acceptors (Lipinski definition) is 2. The fourth-order valence-electron chi connectivity index (χ4n) is 1.30. The molecule has 1 aromatic carbocycles. The van der Waals surface area contributed by atoms with Gasteiger partial charge in [0.2, 0.25) is 0 Å². The molecule has 13 heavy (non-hydrogen) atoms. The van der Waals surface area contributed by atoms with Gasteiger partial charge in [0, 0.05) is 4.47 Å². The second-order valence-electron chi connectivity index (χ2n) is 3.13. The van der Waals surface area contributed by atoms with E-state index in [9.17, 15) is 5.11 Å². The Morgan fingerprint density at radius 1 is 1.46 bits per heavy atom. The first kappa shape index (κ1) is 10.5. The number of phenolic OH excluding ortho intramolecular Hbond substituents is 1. The highest BCUT2D eigenvalue weighted by atomic mass is 79.9. The maximum absolute atomic E-state index is 9.37. The van der Waals surface area contributed by atoms with E-state index in [2.05, 4.69) is 15.9 Å². The molecule has 0 fully saturated rings. The smallest absolute Gasteiger partial charge is 0.116 e. The van der Waals surface area contributed by atoms with Crippen molar-refractivity contribution in [3.8, 4) is 5.75 Å². The van der Waals surface area contributed by atoms with E-state index in [0.717, 1.165) is 28.4 Å². The minimum absolute atomic E-state index is 0.327. The average molecular weight is 244 g/mol. The lowest BCUT2D eigenvalue weighted by atomic mass is 10.1. The van der Waals surface area contributed by atoms with Crippen LogP contribution in [-0.4, -0.2) is 11.7 Å². The first-order chi connectivity index (χ1) is 6.15. The van der Waals surface area contributed by atoms with Crippen molar-refractivity contribution in [1.29, 1.82) is 0 Å². The zero-order valence-corrected chi connectivity index (χ0v) is 9.26. The molecular weight excluding hydrogens is 230 g/mol. The van der Waals surface area contributed by atoms with Crippen molar-refractivity contribution in [3.05, 3.63) is 27.7 Å². The molecule has 0 aliphatic carbocycles. The zero-order valence-electron chi connectivity index (χ0n) is 7.68. The molecule has 0 bridgehead atoms. The van der Waals surface area contributed by atoms with E-state index in [0.29, 0.717) is 12.3 Å². The summed E-state index contributed by atoms with van der Waals surface area (Å²) in [6.45, 7) is 2.65. The van der Waals surface area contributed by atoms with Gasteiger partial charge in [-0.05, 0) is 49.6 Å². The standard InChI is InChI=1S/C10H14BrNO/c1-7-5-9(13)6-8(10(7)11)3-2-4-12/h5-6,13H,2-4,12H2,1H3. The maximum Gasteiger partial charge on any atom is 0.116 e.